The normalized spacial score (nSPS) is 11.9. The van der Waals surface area contributed by atoms with E-state index in [-0.39, 0.29) is 24.1 Å². The molecule has 1 atom stereocenters. The SMILES string of the molecule is CCCCC(NC(=O)c1ccccc1/C=C/c1ccc2ccccc2c1)C(=O)CNC(C)=O. The zero-order valence-electron chi connectivity index (χ0n) is 19.1. The van der Waals surface area contributed by atoms with Gasteiger partial charge in [0.1, 0.15) is 0 Å². The lowest BCUT2D eigenvalue weighted by Crippen LogP contribution is -2.45. The number of Topliss-reactive ketones (excluding diaryl/α,β-unsaturated/α-hetero) is 1. The van der Waals surface area contributed by atoms with Crippen LogP contribution in [0.25, 0.3) is 22.9 Å². The molecule has 2 amide bonds. The second-order valence-corrected chi connectivity index (χ2v) is 8.07. The molecular weight excluding hydrogens is 412 g/mol. The van der Waals surface area contributed by atoms with Gasteiger partial charge in [-0.05, 0) is 40.5 Å². The molecule has 3 aromatic rings. The average Bonchev–Trinajstić information content (AvgIpc) is 2.83. The van der Waals surface area contributed by atoms with E-state index in [1.807, 2.05) is 55.5 Å². The molecule has 5 heteroatoms. The Bertz CT molecular complexity index is 1170. The molecule has 0 aromatic heterocycles. The first-order valence-corrected chi connectivity index (χ1v) is 11.3. The Kier molecular flexibility index (Phi) is 8.53. The number of fused-ring (bicyclic) bond motifs is 1. The fourth-order valence-electron chi connectivity index (χ4n) is 3.64. The lowest BCUT2D eigenvalue weighted by Gasteiger charge is -2.18. The van der Waals surface area contributed by atoms with Crippen LogP contribution in [0.5, 0.6) is 0 Å². The first kappa shape index (κ1) is 23.9. The summed E-state index contributed by atoms with van der Waals surface area (Å²) in [5, 5.41) is 7.74. The molecule has 0 aliphatic rings. The summed E-state index contributed by atoms with van der Waals surface area (Å²) in [6, 6.07) is 21.1. The van der Waals surface area contributed by atoms with Gasteiger partial charge in [-0.25, -0.2) is 0 Å². The molecule has 0 aliphatic heterocycles. The van der Waals surface area contributed by atoms with Crippen molar-refractivity contribution in [2.24, 2.45) is 0 Å². The smallest absolute Gasteiger partial charge is 0.252 e. The van der Waals surface area contributed by atoms with E-state index in [2.05, 4.69) is 34.9 Å². The number of rotatable bonds is 10. The van der Waals surface area contributed by atoms with E-state index in [4.69, 9.17) is 0 Å². The largest absolute Gasteiger partial charge is 0.349 e. The molecule has 5 nitrogen and oxygen atoms in total. The Morgan fingerprint density at radius 1 is 0.909 bits per heavy atom. The summed E-state index contributed by atoms with van der Waals surface area (Å²) in [5.41, 5.74) is 2.31. The van der Waals surface area contributed by atoms with Crippen LogP contribution in [0, 0.1) is 0 Å². The van der Waals surface area contributed by atoms with Gasteiger partial charge in [-0.3, -0.25) is 14.4 Å². The molecule has 0 spiro atoms. The molecule has 1 unspecified atom stereocenters. The van der Waals surface area contributed by atoms with E-state index in [0.717, 1.165) is 29.4 Å². The van der Waals surface area contributed by atoms with Crippen LogP contribution < -0.4 is 10.6 Å². The van der Waals surface area contributed by atoms with Crippen LogP contribution in [-0.4, -0.2) is 30.2 Å². The van der Waals surface area contributed by atoms with Crippen LogP contribution in [0.4, 0.5) is 0 Å². The van der Waals surface area contributed by atoms with Gasteiger partial charge in [0.2, 0.25) is 5.91 Å². The minimum atomic E-state index is -0.637. The van der Waals surface area contributed by atoms with Crippen LogP contribution in [-0.2, 0) is 9.59 Å². The number of amides is 2. The highest BCUT2D eigenvalue weighted by molar-refractivity contribution is 6.02. The number of nitrogens with one attached hydrogen (secondary N) is 2. The molecule has 0 bridgehead atoms. The maximum absolute atomic E-state index is 13.1. The molecule has 0 heterocycles. The molecule has 3 rings (SSSR count). The van der Waals surface area contributed by atoms with Crippen LogP contribution in [0.2, 0.25) is 0 Å². The third kappa shape index (κ3) is 6.88. The van der Waals surface area contributed by atoms with Crippen LogP contribution >= 0.6 is 0 Å². The Labute approximate surface area is 194 Å². The van der Waals surface area contributed by atoms with Gasteiger partial charge < -0.3 is 10.6 Å². The molecule has 0 radical (unpaired) electrons. The number of ketones is 1. The van der Waals surface area contributed by atoms with E-state index in [1.54, 1.807) is 6.07 Å². The van der Waals surface area contributed by atoms with Crippen molar-refractivity contribution in [3.8, 4) is 0 Å². The molecule has 0 fully saturated rings. The molecule has 0 aliphatic carbocycles. The molecule has 170 valence electrons. The monoisotopic (exact) mass is 442 g/mol. The predicted octanol–water partition coefficient (Wildman–Crippen LogP) is 5.00. The van der Waals surface area contributed by atoms with Crippen molar-refractivity contribution in [2.75, 3.05) is 6.54 Å². The van der Waals surface area contributed by atoms with Crippen LogP contribution in [0.3, 0.4) is 0 Å². The van der Waals surface area contributed by atoms with Gasteiger partial charge in [-0.15, -0.1) is 0 Å². The van der Waals surface area contributed by atoms with Crippen molar-refractivity contribution in [1.82, 2.24) is 10.6 Å². The third-order valence-electron chi connectivity index (χ3n) is 5.49. The quantitative estimate of drug-likeness (QED) is 0.434. The Morgan fingerprint density at radius 2 is 1.64 bits per heavy atom. The predicted molar refractivity (Wildman–Crippen MR) is 134 cm³/mol. The van der Waals surface area contributed by atoms with E-state index in [9.17, 15) is 14.4 Å². The van der Waals surface area contributed by atoms with Gasteiger partial charge >= 0.3 is 0 Å². The van der Waals surface area contributed by atoms with Gasteiger partial charge in [-0.1, -0.05) is 86.5 Å². The van der Waals surface area contributed by atoms with Crippen LogP contribution in [0.15, 0.2) is 66.7 Å². The molecule has 3 aromatic carbocycles. The van der Waals surface area contributed by atoms with Crippen LogP contribution in [0.1, 0.15) is 54.6 Å². The van der Waals surface area contributed by atoms with E-state index in [1.165, 1.54) is 12.3 Å². The standard InChI is InChI=1S/C28H30N2O3/c1-3-4-13-26(27(32)19-29-20(2)31)30-28(33)25-12-8-7-10-23(25)17-15-21-14-16-22-9-5-6-11-24(22)18-21/h5-12,14-18,26H,3-4,13,19H2,1-2H3,(H,29,31)(H,30,33)/b17-15+. The summed E-state index contributed by atoms with van der Waals surface area (Å²) in [7, 11) is 0. The summed E-state index contributed by atoms with van der Waals surface area (Å²) in [6.07, 6.45) is 6.15. The van der Waals surface area contributed by atoms with Gasteiger partial charge in [-0.2, -0.15) is 0 Å². The van der Waals surface area contributed by atoms with Crippen molar-refractivity contribution in [3.63, 3.8) is 0 Å². The highest BCUT2D eigenvalue weighted by Gasteiger charge is 2.21. The van der Waals surface area contributed by atoms with Crippen molar-refractivity contribution in [2.45, 2.75) is 39.2 Å². The number of hydrogen-bond acceptors (Lipinski definition) is 3. The zero-order valence-corrected chi connectivity index (χ0v) is 19.1. The van der Waals surface area contributed by atoms with Crippen molar-refractivity contribution < 1.29 is 14.4 Å². The zero-order chi connectivity index (χ0) is 23.6. The molecule has 0 saturated heterocycles. The summed E-state index contributed by atoms with van der Waals surface area (Å²) in [5.74, 6) is -0.768. The fraction of sp³-hybridized carbons (Fsp3) is 0.250. The lowest BCUT2D eigenvalue weighted by atomic mass is 10.0. The molecule has 0 saturated carbocycles. The number of hydrogen-bond donors (Lipinski definition) is 2. The molecule has 2 N–H and O–H groups in total. The number of carbonyl (C=O) groups excluding carboxylic acids is 3. The topological polar surface area (TPSA) is 75.3 Å². The highest BCUT2D eigenvalue weighted by atomic mass is 16.2. The third-order valence-corrected chi connectivity index (χ3v) is 5.49. The first-order valence-electron chi connectivity index (χ1n) is 11.3. The Morgan fingerprint density at radius 3 is 2.39 bits per heavy atom. The first-order chi connectivity index (χ1) is 16.0. The number of benzene rings is 3. The van der Waals surface area contributed by atoms with Crippen molar-refractivity contribution in [3.05, 3.63) is 83.4 Å². The Hall–Kier alpha value is -3.73. The second kappa shape index (κ2) is 11.8. The molecular formula is C28H30N2O3. The summed E-state index contributed by atoms with van der Waals surface area (Å²) in [6.45, 7) is 3.31. The van der Waals surface area contributed by atoms with Gasteiger partial charge in [0.15, 0.2) is 5.78 Å². The number of carbonyl (C=O) groups is 3. The van der Waals surface area contributed by atoms with E-state index < -0.39 is 6.04 Å². The maximum Gasteiger partial charge on any atom is 0.252 e. The maximum atomic E-state index is 13.1. The van der Waals surface area contributed by atoms with Crippen molar-refractivity contribution >= 4 is 40.5 Å². The van der Waals surface area contributed by atoms with Gasteiger partial charge in [0.25, 0.3) is 5.91 Å². The molecule has 33 heavy (non-hydrogen) atoms. The van der Waals surface area contributed by atoms with E-state index in [0.29, 0.717) is 12.0 Å². The Balaban J connectivity index is 1.77. The van der Waals surface area contributed by atoms with E-state index >= 15 is 0 Å². The summed E-state index contributed by atoms with van der Waals surface area (Å²) in [4.78, 5) is 36.8. The van der Waals surface area contributed by atoms with Gasteiger partial charge in [0, 0.05) is 12.5 Å². The minimum absolute atomic E-state index is 0.0898. The average molecular weight is 443 g/mol. The summed E-state index contributed by atoms with van der Waals surface area (Å²) >= 11 is 0. The van der Waals surface area contributed by atoms with Crippen molar-refractivity contribution in [1.29, 1.82) is 0 Å². The highest BCUT2D eigenvalue weighted by Crippen LogP contribution is 2.19. The second-order valence-electron chi connectivity index (χ2n) is 8.07. The minimum Gasteiger partial charge on any atom is -0.349 e. The number of unbranched alkanes of at least 4 members (excludes halogenated alkanes) is 1. The fourth-order valence-corrected chi connectivity index (χ4v) is 3.64. The summed E-state index contributed by atoms with van der Waals surface area (Å²) < 4.78 is 0. The lowest BCUT2D eigenvalue weighted by molar-refractivity contribution is -0.124. The van der Waals surface area contributed by atoms with Gasteiger partial charge in [0.05, 0.1) is 12.6 Å².